The first-order valence-electron chi connectivity index (χ1n) is 7.41. The van der Waals surface area contributed by atoms with Crippen LogP contribution < -0.4 is 15.7 Å². The Labute approximate surface area is 146 Å². The molecule has 0 fully saturated rings. The van der Waals surface area contributed by atoms with E-state index in [-0.39, 0.29) is 23.1 Å². The topological polar surface area (TPSA) is 124 Å². The number of nitrogens with zero attached hydrogens (tertiary/aromatic N) is 3. The van der Waals surface area contributed by atoms with Crippen molar-refractivity contribution in [3.8, 4) is 0 Å². The number of esters is 1. The van der Waals surface area contributed by atoms with E-state index in [0.29, 0.717) is 21.5 Å². The number of pyridine rings is 1. The lowest BCUT2D eigenvalue weighted by Gasteiger charge is -2.05. The third-order valence-electron chi connectivity index (χ3n) is 3.34. The van der Waals surface area contributed by atoms with Gasteiger partial charge in [-0.15, -0.1) is 11.3 Å². The molecule has 0 aliphatic carbocycles. The smallest absolute Gasteiger partial charge is 0.338 e. The second-order valence-electron chi connectivity index (χ2n) is 5.25. The third kappa shape index (κ3) is 3.15. The van der Waals surface area contributed by atoms with Crippen LogP contribution in [0, 0.1) is 6.92 Å². The van der Waals surface area contributed by atoms with Gasteiger partial charge in [0.1, 0.15) is 9.71 Å². The van der Waals surface area contributed by atoms with E-state index < -0.39 is 11.9 Å². The van der Waals surface area contributed by atoms with Gasteiger partial charge in [0, 0.05) is 11.1 Å². The molecule has 0 spiro atoms. The summed E-state index contributed by atoms with van der Waals surface area (Å²) in [4.78, 5) is 29.8. The van der Waals surface area contributed by atoms with Crippen molar-refractivity contribution in [1.82, 2.24) is 10.3 Å². The van der Waals surface area contributed by atoms with Crippen molar-refractivity contribution in [2.24, 2.45) is 7.05 Å². The number of hydrogen-bond donors (Lipinski definition) is 2. The Hall–Kier alpha value is -3.01. The largest absolute Gasteiger partial charge is 0.462 e. The summed E-state index contributed by atoms with van der Waals surface area (Å²) < 4.78 is 11.4. The minimum atomic E-state index is -0.503. The summed E-state index contributed by atoms with van der Waals surface area (Å²) in [5.41, 5.74) is 7.24. The van der Waals surface area contributed by atoms with Crippen LogP contribution in [0.5, 0.6) is 0 Å². The summed E-state index contributed by atoms with van der Waals surface area (Å²) in [6, 6.07) is 1.60. The Morgan fingerprint density at radius 3 is 2.88 bits per heavy atom. The Bertz CT molecular complexity index is 978. The summed E-state index contributed by atoms with van der Waals surface area (Å²) in [5, 5.41) is 6.61. The number of hydrogen-bond acceptors (Lipinski definition) is 8. The van der Waals surface area contributed by atoms with Gasteiger partial charge < -0.3 is 10.5 Å². The summed E-state index contributed by atoms with van der Waals surface area (Å²) in [6.45, 7) is 3.71. The van der Waals surface area contributed by atoms with E-state index in [4.69, 9.17) is 15.0 Å². The zero-order valence-corrected chi connectivity index (χ0v) is 14.6. The lowest BCUT2D eigenvalue weighted by molar-refractivity contribution is -0.739. The van der Waals surface area contributed by atoms with E-state index in [1.807, 2.05) is 0 Å². The van der Waals surface area contributed by atoms with Crippen molar-refractivity contribution < 1.29 is 23.5 Å². The molecule has 130 valence electrons. The fourth-order valence-corrected chi connectivity index (χ4v) is 3.39. The molecule has 3 rings (SSSR count). The number of carbonyl (C=O) groups is 2. The first-order valence-corrected chi connectivity index (χ1v) is 8.23. The zero-order chi connectivity index (χ0) is 18.1. The van der Waals surface area contributed by atoms with Crippen molar-refractivity contribution in [2.45, 2.75) is 13.8 Å². The molecule has 0 saturated heterocycles. The molecule has 0 atom stereocenters. The van der Waals surface area contributed by atoms with E-state index in [1.54, 1.807) is 27.0 Å². The molecule has 0 aromatic carbocycles. The monoisotopic (exact) mass is 362 g/mol. The lowest BCUT2D eigenvalue weighted by atomic mass is 10.1. The third-order valence-corrected chi connectivity index (χ3v) is 4.44. The molecule has 0 bridgehead atoms. The highest BCUT2D eigenvalue weighted by Crippen LogP contribution is 2.36. The van der Waals surface area contributed by atoms with Gasteiger partial charge in [-0.1, -0.05) is 4.68 Å². The second-order valence-corrected chi connectivity index (χ2v) is 6.25. The fraction of sp³-hybridized carbons (Fsp3) is 0.267. The molecule has 0 saturated carbocycles. The van der Waals surface area contributed by atoms with Crippen molar-refractivity contribution in [1.29, 1.82) is 0 Å². The number of rotatable bonds is 4. The maximum absolute atomic E-state index is 12.5. The fourth-order valence-electron chi connectivity index (χ4n) is 2.33. The molecular formula is C15H16N5O4S+. The Balaban J connectivity index is 2.05. The normalized spacial score (nSPS) is 10.8. The van der Waals surface area contributed by atoms with Gasteiger partial charge >= 0.3 is 11.9 Å². The average Bonchev–Trinajstić information content (AvgIpc) is 3.10. The number of nitrogens with two attached hydrogens (primary N) is 1. The molecule has 0 aliphatic rings. The molecule has 9 nitrogen and oxygen atoms in total. The summed E-state index contributed by atoms with van der Waals surface area (Å²) in [6.07, 6.45) is 1.51. The van der Waals surface area contributed by atoms with Crippen LogP contribution in [0.4, 0.5) is 11.6 Å². The highest BCUT2D eigenvalue weighted by molar-refractivity contribution is 7.21. The minimum Gasteiger partial charge on any atom is -0.462 e. The molecule has 1 amide bonds. The van der Waals surface area contributed by atoms with Crippen molar-refractivity contribution in [2.75, 3.05) is 17.7 Å². The summed E-state index contributed by atoms with van der Waals surface area (Å²) >= 11 is 1.10. The molecule has 0 radical (unpaired) electrons. The van der Waals surface area contributed by atoms with Crippen LogP contribution in [-0.2, 0) is 11.8 Å². The van der Waals surface area contributed by atoms with E-state index in [0.717, 1.165) is 11.3 Å². The van der Waals surface area contributed by atoms with Crippen LogP contribution in [0.3, 0.4) is 0 Å². The number of amides is 1. The minimum absolute atomic E-state index is 0.178. The lowest BCUT2D eigenvalue weighted by Crippen LogP contribution is -2.28. The van der Waals surface area contributed by atoms with Gasteiger partial charge in [-0.3, -0.25) is 14.6 Å². The number of nitrogens with one attached hydrogen (secondary N) is 1. The van der Waals surface area contributed by atoms with Crippen molar-refractivity contribution >= 4 is 45.0 Å². The van der Waals surface area contributed by atoms with Gasteiger partial charge in [-0.05, 0) is 19.9 Å². The number of nitrogen functional groups attached to an aromatic ring is 1. The average molecular weight is 362 g/mol. The van der Waals surface area contributed by atoms with Gasteiger partial charge in [0.25, 0.3) is 12.1 Å². The number of thiophene rings is 1. The molecular weight excluding hydrogens is 346 g/mol. The van der Waals surface area contributed by atoms with E-state index in [9.17, 15) is 9.59 Å². The second kappa shape index (κ2) is 6.48. The van der Waals surface area contributed by atoms with Crippen LogP contribution in [0.1, 0.15) is 32.6 Å². The molecule has 0 aliphatic heterocycles. The standard InChI is InChI=1S/C15H15N5O4S/c1-4-23-15(22)8-5-7(2)17-14-10(8)11(16)12(25-14)13(21)18-9-6-20(3)19-24-9/h5-6H,4H2,1-3H3,(H2-,16,18,19,21)/p+1. The number of aromatic nitrogens is 3. The van der Waals surface area contributed by atoms with Gasteiger partial charge in [-0.2, -0.15) is 0 Å². The number of ether oxygens (including phenoxy) is 1. The van der Waals surface area contributed by atoms with Crippen molar-refractivity contribution in [3.63, 3.8) is 0 Å². The quantitative estimate of drug-likeness (QED) is 0.531. The van der Waals surface area contributed by atoms with Crippen molar-refractivity contribution in [3.05, 3.63) is 28.4 Å². The van der Waals surface area contributed by atoms with Crippen LogP contribution in [0.2, 0.25) is 0 Å². The van der Waals surface area contributed by atoms with Crippen LogP contribution >= 0.6 is 11.3 Å². The molecule has 3 N–H and O–H groups in total. The zero-order valence-electron chi connectivity index (χ0n) is 13.8. The van der Waals surface area contributed by atoms with E-state index in [2.05, 4.69) is 15.6 Å². The Morgan fingerprint density at radius 2 is 2.24 bits per heavy atom. The predicted molar refractivity (Wildman–Crippen MR) is 90.4 cm³/mol. The van der Waals surface area contributed by atoms with E-state index >= 15 is 0 Å². The van der Waals surface area contributed by atoms with Crippen LogP contribution in [0.25, 0.3) is 10.2 Å². The highest BCUT2D eigenvalue weighted by Gasteiger charge is 2.24. The number of aryl methyl sites for hydroxylation is 2. The first-order chi connectivity index (χ1) is 11.9. The van der Waals surface area contributed by atoms with Gasteiger partial charge in [0.2, 0.25) is 0 Å². The Morgan fingerprint density at radius 1 is 1.48 bits per heavy atom. The molecule has 3 aromatic rings. The van der Waals surface area contributed by atoms with Gasteiger partial charge in [0.15, 0.2) is 12.3 Å². The van der Waals surface area contributed by atoms with Crippen LogP contribution in [-0.4, -0.2) is 28.7 Å². The van der Waals surface area contributed by atoms with E-state index in [1.165, 1.54) is 10.9 Å². The van der Waals surface area contributed by atoms with Crippen LogP contribution in [0.15, 0.2) is 16.8 Å². The molecule has 0 unspecified atom stereocenters. The number of fused-ring (bicyclic) bond motifs is 1. The SMILES string of the molecule is CCOC(=O)c1cc(C)nc2sc(C(=O)Nc3c[n+](C)no3)c(N)c12. The Kier molecular flexibility index (Phi) is 4.36. The number of anilines is 2. The molecule has 25 heavy (non-hydrogen) atoms. The number of carbonyl (C=O) groups excluding carboxylic acids is 2. The predicted octanol–water partition coefficient (Wildman–Crippen LogP) is 1.43. The first kappa shape index (κ1) is 16.8. The molecule has 3 heterocycles. The molecule has 3 aromatic heterocycles. The summed E-state index contributed by atoms with van der Waals surface area (Å²) in [5.74, 6) is -0.791. The van der Waals surface area contributed by atoms with Gasteiger partial charge in [-0.25, -0.2) is 9.78 Å². The maximum atomic E-state index is 12.5. The highest BCUT2D eigenvalue weighted by atomic mass is 32.1. The molecule has 10 heteroatoms. The summed E-state index contributed by atoms with van der Waals surface area (Å²) in [7, 11) is 1.66. The van der Waals surface area contributed by atoms with Gasteiger partial charge in [0.05, 0.1) is 17.9 Å². The maximum Gasteiger partial charge on any atom is 0.338 e.